The average Bonchev–Trinajstić information content (AvgIpc) is 3.18. The van der Waals surface area contributed by atoms with Gasteiger partial charge < -0.3 is 14.8 Å². The summed E-state index contributed by atoms with van der Waals surface area (Å²) >= 11 is 1.46. The van der Waals surface area contributed by atoms with Crippen LogP contribution in [0.3, 0.4) is 0 Å². The minimum atomic E-state index is -0.654. The molecule has 0 unspecified atom stereocenters. The van der Waals surface area contributed by atoms with Gasteiger partial charge in [-0.15, -0.1) is 0 Å². The summed E-state index contributed by atoms with van der Waals surface area (Å²) in [6, 6.07) is 6.75. The second-order valence-electron chi connectivity index (χ2n) is 5.80. The van der Waals surface area contributed by atoms with Crippen LogP contribution in [0.4, 0.5) is 9.18 Å². The first-order chi connectivity index (χ1) is 13.0. The molecule has 2 heterocycles. The van der Waals surface area contributed by atoms with Gasteiger partial charge in [0.1, 0.15) is 6.61 Å². The van der Waals surface area contributed by atoms with Gasteiger partial charge in [-0.05, 0) is 41.4 Å². The summed E-state index contributed by atoms with van der Waals surface area (Å²) in [6.45, 7) is 1.75. The smallest absolute Gasteiger partial charge is 0.338 e. The Labute approximate surface area is 160 Å². The molecule has 1 aromatic carbocycles. The molecule has 2 amide bonds. The zero-order valence-electron chi connectivity index (χ0n) is 14.9. The third-order valence-electron chi connectivity index (χ3n) is 4.15. The third kappa shape index (κ3) is 3.95. The maximum absolute atomic E-state index is 13.9. The van der Waals surface area contributed by atoms with Crippen LogP contribution >= 0.6 is 11.3 Å². The largest absolute Gasteiger partial charge is 0.484 e. The van der Waals surface area contributed by atoms with Crippen molar-refractivity contribution in [2.75, 3.05) is 20.3 Å². The molecule has 27 heavy (non-hydrogen) atoms. The second kappa shape index (κ2) is 8.22. The number of carbonyl (C=O) groups is 2. The number of benzene rings is 1. The van der Waals surface area contributed by atoms with Crippen molar-refractivity contribution in [3.05, 3.63) is 63.7 Å². The predicted molar refractivity (Wildman–Crippen MR) is 98.9 cm³/mol. The van der Waals surface area contributed by atoms with Crippen molar-refractivity contribution < 1.29 is 23.5 Å². The van der Waals surface area contributed by atoms with Crippen molar-refractivity contribution in [2.45, 2.75) is 13.0 Å². The third-order valence-corrected chi connectivity index (χ3v) is 4.85. The lowest BCUT2D eigenvalue weighted by Gasteiger charge is -2.34. The minimum absolute atomic E-state index is 0.0414. The van der Waals surface area contributed by atoms with Crippen LogP contribution < -0.4 is 10.1 Å². The number of nitrogens with zero attached hydrogens (tertiary/aromatic N) is 1. The Bertz CT molecular complexity index is 866. The quantitative estimate of drug-likeness (QED) is 0.767. The Morgan fingerprint density at radius 2 is 2.11 bits per heavy atom. The van der Waals surface area contributed by atoms with Gasteiger partial charge in [-0.3, -0.25) is 4.90 Å². The molecule has 142 valence electrons. The Kier molecular flexibility index (Phi) is 5.75. The Hall–Kier alpha value is -2.87. The molecular formula is C19H19FN2O4S. The van der Waals surface area contributed by atoms with E-state index in [2.05, 4.69) is 5.32 Å². The number of carbonyl (C=O) groups excluding carboxylic acids is 2. The fourth-order valence-corrected chi connectivity index (χ4v) is 3.46. The van der Waals surface area contributed by atoms with Crippen LogP contribution in [0.15, 0.2) is 52.4 Å². The summed E-state index contributed by atoms with van der Waals surface area (Å²) in [5.41, 5.74) is 1.37. The van der Waals surface area contributed by atoms with E-state index in [0.29, 0.717) is 5.70 Å². The normalized spacial score (nSPS) is 16.9. The Balaban J connectivity index is 2.01. The first kappa shape index (κ1) is 18.9. The molecule has 1 atom stereocenters. The van der Waals surface area contributed by atoms with Gasteiger partial charge in [0.25, 0.3) is 0 Å². The molecule has 0 fully saturated rings. The van der Waals surface area contributed by atoms with Crippen LogP contribution in [-0.4, -0.2) is 37.2 Å². The van der Waals surface area contributed by atoms with Gasteiger partial charge in [0.05, 0.1) is 23.9 Å². The van der Waals surface area contributed by atoms with E-state index >= 15 is 0 Å². The zero-order chi connectivity index (χ0) is 19.4. The molecule has 2 aromatic rings. The van der Waals surface area contributed by atoms with Gasteiger partial charge in [0.15, 0.2) is 11.6 Å². The van der Waals surface area contributed by atoms with Gasteiger partial charge in [-0.25, -0.2) is 14.0 Å². The molecule has 8 heteroatoms. The number of halogens is 1. The molecule has 0 saturated heterocycles. The highest BCUT2D eigenvalue weighted by atomic mass is 32.1. The van der Waals surface area contributed by atoms with Gasteiger partial charge in [0, 0.05) is 7.05 Å². The standard InChI is InChI=1S/C19H19FN2O4S/c1-3-25-18(23)16-14(10-26-15-7-5-4-6-13(15)20)22(2)19(24)21-17(16)12-8-9-27-11-12/h4-9,11,17H,3,10H2,1-2H3,(H,21,24)/t17-/m1/s1. The lowest BCUT2D eigenvalue weighted by atomic mass is 9.97. The summed E-state index contributed by atoms with van der Waals surface area (Å²) in [4.78, 5) is 26.4. The van der Waals surface area contributed by atoms with Crippen LogP contribution in [0.25, 0.3) is 0 Å². The van der Waals surface area contributed by atoms with E-state index in [4.69, 9.17) is 9.47 Å². The molecule has 1 aromatic heterocycles. The van der Waals surface area contributed by atoms with Crippen LogP contribution in [0.1, 0.15) is 18.5 Å². The lowest BCUT2D eigenvalue weighted by molar-refractivity contribution is -0.139. The summed E-state index contributed by atoms with van der Waals surface area (Å²) in [5.74, 6) is -1.03. The molecule has 1 aliphatic heterocycles. The fourth-order valence-electron chi connectivity index (χ4n) is 2.78. The number of nitrogens with one attached hydrogen (secondary N) is 1. The van der Waals surface area contributed by atoms with E-state index in [-0.39, 0.29) is 30.6 Å². The number of esters is 1. The molecule has 6 nitrogen and oxygen atoms in total. The number of urea groups is 1. The number of ether oxygens (including phenoxy) is 2. The lowest BCUT2D eigenvalue weighted by Crippen LogP contribution is -2.48. The number of rotatable bonds is 6. The van der Waals surface area contributed by atoms with Crippen LogP contribution in [0, 0.1) is 5.82 Å². The van der Waals surface area contributed by atoms with Crippen molar-refractivity contribution in [3.63, 3.8) is 0 Å². The van der Waals surface area contributed by atoms with E-state index in [9.17, 15) is 14.0 Å². The molecule has 0 saturated carbocycles. The molecule has 3 rings (SSSR count). The summed E-state index contributed by atoms with van der Waals surface area (Å²) < 4.78 is 24.6. The molecule has 0 radical (unpaired) electrons. The highest BCUT2D eigenvalue weighted by Gasteiger charge is 2.37. The van der Waals surface area contributed by atoms with Crippen molar-refractivity contribution in [3.8, 4) is 5.75 Å². The zero-order valence-corrected chi connectivity index (χ0v) is 15.7. The molecule has 0 bridgehead atoms. The van der Waals surface area contributed by atoms with Crippen molar-refractivity contribution in [1.82, 2.24) is 10.2 Å². The number of thiophene rings is 1. The Morgan fingerprint density at radius 3 is 2.78 bits per heavy atom. The number of para-hydroxylation sites is 1. The van der Waals surface area contributed by atoms with Gasteiger partial charge >= 0.3 is 12.0 Å². The summed E-state index contributed by atoms with van der Waals surface area (Å²) in [6.07, 6.45) is 0. The SMILES string of the molecule is CCOC(=O)C1=C(COc2ccccc2F)N(C)C(=O)N[C@@H]1c1ccsc1. The van der Waals surface area contributed by atoms with E-state index in [0.717, 1.165) is 5.56 Å². The minimum Gasteiger partial charge on any atom is -0.484 e. The van der Waals surface area contributed by atoms with Crippen LogP contribution in [-0.2, 0) is 9.53 Å². The Morgan fingerprint density at radius 1 is 1.33 bits per heavy atom. The highest BCUT2D eigenvalue weighted by molar-refractivity contribution is 7.08. The first-order valence-electron chi connectivity index (χ1n) is 8.36. The van der Waals surface area contributed by atoms with Gasteiger partial charge in [-0.1, -0.05) is 12.1 Å². The molecule has 0 spiro atoms. The topological polar surface area (TPSA) is 67.9 Å². The fraction of sp³-hybridized carbons (Fsp3) is 0.263. The molecule has 1 aliphatic rings. The van der Waals surface area contributed by atoms with Gasteiger partial charge in [0.2, 0.25) is 0 Å². The number of hydrogen-bond donors (Lipinski definition) is 1. The second-order valence-corrected chi connectivity index (χ2v) is 6.58. The monoisotopic (exact) mass is 390 g/mol. The van der Waals surface area contributed by atoms with Crippen LogP contribution in [0.2, 0.25) is 0 Å². The maximum Gasteiger partial charge on any atom is 0.338 e. The van der Waals surface area contributed by atoms with Gasteiger partial charge in [-0.2, -0.15) is 11.3 Å². The average molecular weight is 390 g/mol. The van der Waals surface area contributed by atoms with Crippen molar-refractivity contribution in [1.29, 1.82) is 0 Å². The van der Waals surface area contributed by atoms with E-state index in [1.165, 1.54) is 35.4 Å². The van der Waals surface area contributed by atoms with Crippen molar-refractivity contribution >= 4 is 23.3 Å². The van der Waals surface area contributed by atoms with E-state index < -0.39 is 17.8 Å². The van der Waals surface area contributed by atoms with E-state index in [1.807, 2.05) is 16.8 Å². The van der Waals surface area contributed by atoms with Crippen molar-refractivity contribution in [2.24, 2.45) is 0 Å². The van der Waals surface area contributed by atoms with E-state index in [1.54, 1.807) is 19.1 Å². The molecule has 1 N–H and O–H groups in total. The maximum atomic E-state index is 13.9. The summed E-state index contributed by atoms with van der Waals surface area (Å²) in [7, 11) is 1.53. The predicted octanol–water partition coefficient (Wildman–Crippen LogP) is 3.48. The number of likely N-dealkylation sites (N-methyl/N-ethyl adjacent to an activating group) is 1. The number of hydrogen-bond acceptors (Lipinski definition) is 5. The number of amides is 2. The first-order valence-corrected chi connectivity index (χ1v) is 9.31. The summed E-state index contributed by atoms with van der Waals surface area (Å²) in [5, 5.41) is 6.51. The van der Waals surface area contributed by atoms with Crippen LogP contribution in [0.5, 0.6) is 5.75 Å². The molecule has 0 aliphatic carbocycles. The highest BCUT2D eigenvalue weighted by Crippen LogP contribution is 2.32. The molecular weight excluding hydrogens is 371 g/mol.